The van der Waals surface area contributed by atoms with E-state index < -0.39 is 11.1 Å². The van der Waals surface area contributed by atoms with Crippen LogP contribution in [-0.4, -0.2) is 27.8 Å². The normalized spacial score (nSPS) is 20.3. The third kappa shape index (κ3) is 2.55. The number of carbonyl (C=O) groups is 2. The van der Waals surface area contributed by atoms with Gasteiger partial charge in [0.05, 0.1) is 0 Å². The summed E-state index contributed by atoms with van der Waals surface area (Å²) in [4.78, 5) is 27.2. The highest BCUT2D eigenvalue weighted by Gasteiger charge is 2.52. The van der Waals surface area contributed by atoms with E-state index in [1.54, 1.807) is 18.7 Å². The Labute approximate surface area is 126 Å². The van der Waals surface area contributed by atoms with E-state index in [1.807, 2.05) is 44.2 Å². The van der Waals surface area contributed by atoms with Gasteiger partial charge < -0.3 is 10.2 Å². The third-order valence-corrected chi connectivity index (χ3v) is 4.63. The lowest BCUT2D eigenvalue weighted by Crippen LogP contribution is -2.73. The summed E-state index contributed by atoms with van der Waals surface area (Å²) in [6.07, 6.45) is 1.21. The van der Waals surface area contributed by atoms with E-state index in [2.05, 4.69) is 5.32 Å². The van der Waals surface area contributed by atoms with E-state index in [0.29, 0.717) is 19.4 Å². The standard InChI is InChI=1S/C17H24N2O2/c1-5-17(6-2)15(21)19(16(3,4)14(20)18-17)12-13-10-8-7-9-11-13/h7-11H,5-6,12H2,1-4H3,(H,18,20). The van der Waals surface area contributed by atoms with Gasteiger partial charge in [-0.15, -0.1) is 0 Å². The highest BCUT2D eigenvalue weighted by molar-refractivity contribution is 6.01. The number of piperazine rings is 1. The number of nitrogens with one attached hydrogen (secondary N) is 1. The number of benzene rings is 1. The summed E-state index contributed by atoms with van der Waals surface area (Å²) < 4.78 is 0. The lowest BCUT2D eigenvalue weighted by Gasteiger charge is -2.49. The first-order valence-corrected chi connectivity index (χ1v) is 7.56. The Morgan fingerprint density at radius 2 is 1.62 bits per heavy atom. The fraction of sp³-hybridized carbons (Fsp3) is 0.529. The monoisotopic (exact) mass is 288 g/mol. The van der Waals surface area contributed by atoms with Gasteiger partial charge in [0, 0.05) is 6.54 Å². The zero-order valence-corrected chi connectivity index (χ0v) is 13.3. The summed E-state index contributed by atoms with van der Waals surface area (Å²) in [6, 6.07) is 9.81. The summed E-state index contributed by atoms with van der Waals surface area (Å²) in [7, 11) is 0. The van der Waals surface area contributed by atoms with Crippen LogP contribution in [-0.2, 0) is 16.1 Å². The largest absolute Gasteiger partial charge is 0.340 e. The molecule has 0 radical (unpaired) electrons. The summed E-state index contributed by atoms with van der Waals surface area (Å²) in [5, 5.41) is 2.95. The highest BCUT2D eigenvalue weighted by Crippen LogP contribution is 2.31. The van der Waals surface area contributed by atoms with Gasteiger partial charge >= 0.3 is 0 Å². The molecule has 0 spiro atoms. The van der Waals surface area contributed by atoms with Crippen LogP contribution in [0.15, 0.2) is 30.3 Å². The molecule has 4 nitrogen and oxygen atoms in total. The van der Waals surface area contributed by atoms with E-state index in [9.17, 15) is 9.59 Å². The molecule has 0 unspecified atom stereocenters. The maximum Gasteiger partial charge on any atom is 0.249 e. The predicted octanol–water partition coefficient (Wildman–Crippen LogP) is 2.48. The van der Waals surface area contributed by atoms with Crippen molar-refractivity contribution >= 4 is 11.8 Å². The maximum atomic E-state index is 13.0. The van der Waals surface area contributed by atoms with Crippen molar-refractivity contribution in [1.82, 2.24) is 10.2 Å². The second kappa shape index (κ2) is 5.51. The molecule has 0 saturated carbocycles. The number of carbonyl (C=O) groups excluding carboxylic acids is 2. The molecule has 1 heterocycles. The molecule has 1 aromatic rings. The molecule has 0 aliphatic carbocycles. The van der Waals surface area contributed by atoms with E-state index in [4.69, 9.17) is 0 Å². The molecular formula is C17H24N2O2. The van der Waals surface area contributed by atoms with E-state index in [0.717, 1.165) is 5.56 Å². The van der Waals surface area contributed by atoms with Crippen LogP contribution in [0.1, 0.15) is 46.1 Å². The van der Waals surface area contributed by atoms with Crippen LogP contribution in [0.2, 0.25) is 0 Å². The number of amides is 2. The SMILES string of the molecule is CCC1(CC)NC(=O)C(C)(C)N(Cc2ccccc2)C1=O. The molecule has 1 fully saturated rings. The number of rotatable bonds is 4. The molecule has 0 bridgehead atoms. The highest BCUT2D eigenvalue weighted by atomic mass is 16.2. The van der Waals surface area contributed by atoms with E-state index in [1.165, 1.54) is 0 Å². The lowest BCUT2D eigenvalue weighted by atomic mass is 9.83. The van der Waals surface area contributed by atoms with Crippen molar-refractivity contribution in [1.29, 1.82) is 0 Å². The third-order valence-electron chi connectivity index (χ3n) is 4.63. The Bertz CT molecular complexity index is 533. The van der Waals surface area contributed by atoms with Crippen molar-refractivity contribution in [3.05, 3.63) is 35.9 Å². The molecule has 21 heavy (non-hydrogen) atoms. The fourth-order valence-corrected chi connectivity index (χ4v) is 2.82. The first-order valence-electron chi connectivity index (χ1n) is 7.56. The van der Waals surface area contributed by atoms with Gasteiger partial charge in [0.2, 0.25) is 11.8 Å². The van der Waals surface area contributed by atoms with Crippen LogP contribution in [0.25, 0.3) is 0 Å². The van der Waals surface area contributed by atoms with Crippen molar-refractivity contribution in [2.45, 2.75) is 58.2 Å². The number of nitrogens with zero attached hydrogens (tertiary/aromatic N) is 1. The van der Waals surface area contributed by atoms with Crippen molar-refractivity contribution in [2.75, 3.05) is 0 Å². The quantitative estimate of drug-likeness (QED) is 0.925. The second-order valence-corrected chi connectivity index (χ2v) is 6.18. The van der Waals surface area contributed by atoms with E-state index in [-0.39, 0.29) is 11.8 Å². The van der Waals surface area contributed by atoms with Crippen LogP contribution in [0.3, 0.4) is 0 Å². The van der Waals surface area contributed by atoms with Gasteiger partial charge in [-0.1, -0.05) is 44.2 Å². The first kappa shape index (κ1) is 15.5. The summed E-state index contributed by atoms with van der Waals surface area (Å²) in [5.74, 6) is -0.0670. The minimum Gasteiger partial charge on any atom is -0.340 e. The maximum absolute atomic E-state index is 13.0. The zero-order chi connectivity index (χ0) is 15.7. The molecule has 1 aromatic carbocycles. The average Bonchev–Trinajstić information content (AvgIpc) is 2.49. The zero-order valence-electron chi connectivity index (χ0n) is 13.3. The van der Waals surface area contributed by atoms with Gasteiger partial charge in [-0.05, 0) is 32.3 Å². The summed E-state index contributed by atoms with van der Waals surface area (Å²) >= 11 is 0. The van der Waals surface area contributed by atoms with Crippen LogP contribution in [0, 0.1) is 0 Å². The minimum absolute atomic E-state index is 0.0148. The van der Waals surface area contributed by atoms with Gasteiger partial charge in [-0.25, -0.2) is 0 Å². The second-order valence-electron chi connectivity index (χ2n) is 6.18. The molecule has 1 N–H and O–H groups in total. The lowest BCUT2D eigenvalue weighted by molar-refractivity contribution is -0.162. The van der Waals surface area contributed by atoms with Gasteiger partial charge in [0.15, 0.2) is 0 Å². The predicted molar refractivity (Wildman–Crippen MR) is 82.5 cm³/mol. The first-order chi connectivity index (χ1) is 9.87. The van der Waals surface area contributed by atoms with E-state index >= 15 is 0 Å². The molecule has 0 aromatic heterocycles. The van der Waals surface area contributed by atoms with Gasteiger partial charge in [-0.3, -0.25) is 9.59 Å². The van der Waals surface area contributed by atoms with Crippen LogP contribution >= 0.6 is 0 Å². The van der Waals surface area contributed by atoms with Crippen LogP contribution in [0.5, 0.6) is 0 Å². The summed E-state index contributed by atoms with van der Waals surface area (Å²) in [6.45, 7) is 7.96. The minimum atomic E-state index is -0.833. The number of hydrogen-bond donors (Lipinski definition) is 1. The Hall–Kier alpha value is -1.84. The molecule has 2 rings (SSSR count). The Morgan fingerprint density at radius 3 is 2.14 bits per heavy atom. The van der Waals surface area contributed by atoms with Crippen molar-refractivity contribution in [3.63, 3.8) is 0 Å². The molecule has 1 aliphatic rings. The fourth-order valence-electron chi connectivity index (χ4n) is 2.82. The van der Waals surface area contributed by atoms with Gasteiger partial charge in [-0.2, -0.15) is 0 Å². The molecule has 1 aliphatic heterocycles. The van der Waals surface area contributed by atoms with Crippen molar-refractivity contribution < 1.29 is 9.59 Å². The summed E-state index contributed by atoms with van der Waals surface area (Å²) in [5.41, 5.74) is -0.558. The van der Waals surface area contributed by atoms with Gasteiger partial charge in [0.1, 0.15) is 11.1 Å². The molecule has 4 heteroatoms. The molecule has 114 valence electrons. The smallest absolute Gasteiger partial charge is 0.249 e. The molecule has 2 amide bonds. The average molecular weight is 288 g/mol. The molecular weight excluding hydrogens is 264 g/mol. The van der Waals surface area contributed by atoms with Crippen LogP contribution in [0.4, 0.5) is 0 Å². The van der Waals surface area contributed by atoms with Gasteiger partial charge in [0.25, 0.3) is 0 Å². The Kier molecular flexibility index (Phi) is 4.08. The number of hydrogen-bond acceptors (Lipinski definition) is 2. The topological polar surface area (TPSA) is 49.4 Å². The van der Waals surface area contributed by atoms with Crippen LogP contribution < -0.4 is 5.32 Å². The Morgan fingerprint density at radius 1 is 1.05 bits per heavy atom. The molecule has 1 saturated heterocycles. The Balaban J connectivity index is 2.39. The van der Waals surface area contributed by atoms with Crippen molar-refractivity contribution in [3.8, 4) is 0 Å². The van der Waals surface area contributed by atoms with Crippen molar-refractivity contribution in [2.24, 2.45) is 0 Å². The molecule has 0 atom stereocenters.